The standard InChI is InChI=1S/C22H20F3N3O7S2/c1-2-26-19(31)34-12-20(13-6-4-3-5-7-13)11-21(20,18(29)30)28-37(32,33)17-9-8-15(36-17)14-10-16(35-27-14)22(23,24)25/h3-10,28H,2,11-12H2,1H3,(H,26,31)(H,29,30). The van der Waals surface area contributed by atoms with Gasteiger partial charge in [-0.2, -0.15) is 17.9 Å². The number of carboxylic acids is 1. The van der Waals surface area contributed by atoms with Crippen LogP contribution in [0, 0.1) is 0 Å². The number of alkyl carbamates (subject to hydrolysis) is 1. The number of aliphatic carboxylic acids is 1. The molecule has 0 spiro atoms. The summed E-state index contributed by atoms with van der Waals surface area (Å²) in [5.74, 6) is -2.83. The van der Waals surface area contributed by atoms with E-state index in [1.807, 2.05) is 0 Å². The number of nitrogens with one attached hydrogen (secondary N) is 2. The zero-order valence-corrected chi connectivity index (χ0v) is 20.7. The van der Waals surface area contributed by atoms with E-state index in [1.165, 1.54) is 6.07 Å². The first-order valence-corrected chi connectivity index (χ1v) is 13.0. The molecular weight excluding hydrogens is 539 g/mol. The minimum Gasteiger partial charge on any atom is -0.480 e. The fourth-order valence-corrected chi connectivity index (χ4v) is 6.70. The maximum absolute atomic E-state index is 13.3. The highest BCUT2D eigenvalue weighted by Crippen LogP contribution is 2.59. The molecule has 0 bridgehead atoms. The fourth-order valence-electron chi connectivity index (χ4n) is 4.02. The van der Waals surface area contributed by atoms with Gasteiger partial charge >= 0.3 is 18.2 Å². The van der Waals surface area contributed by atoms with E-state index in [0.29, 0.717) is 23.0 Å². The Kier molecular flexibility index (Phi) is 6.81. The average Bonchev–Trinajstić information content (AvgIpc) is 3.21. The molecule has 0 radical (unpaired) electrons. The molecule has 1 aliphatic carbocycles. The number of benzene rings is 1. The van der Waals surface area contributed by atoms with Gasteiger partial charge in [0.05, 0.1) is 10.3 Å². The highest BCUT2D eigenvalue weighted by molar-refractivity contribution is 7.91. The lowest BCUT2D eigenvalue weighted by Crippen LogP contribution is -2.50. The first kappa shape index (κ1) is 26.6. The summed E-state index contributed by atoms with van der Waals surface area (Å²) in [5.41, 5.74) is -3.25. The van der Waals surface area contributed by atoms with Crippen molar-refractivity contribution in [2.24, 2.45) is 0 Å². The number of thiophene rings is 1. The number of alkyl halides is 3. The largest absolute Gasteiger partial charge is 0.480 e. The van der Waals surface area contributed by atoms with Crippen LogP contribution in [0.25, 0.3) is 10.6 Å². The van der Waals surface area contributed by atoms with E-state index in [9.17, 15) is 36.3 Å². The van der Waals surface area contributed by atoms with E-state index in [4.69, 9.17) is 4.74 Å². The molecule has 2 unspecified atom stereocenters. The molecular formula is C22H20F3N3O7S2. The quantitative estimate of drug-likeness (QED) is 0.360. The summed E-state index contributed by atoms with van der Waals surface area (Å²) in [6.07, 6.45) is -5.77. The van der Waals surface area contributed by atoms with Crippen molar-refractivity contribution in [2.75, 3.05) is 13.2 Å². The summed E-state index contributed by atoms with van der Waals surface area (Å²) in [4.78, 5) is 24.5. The van der Waals surface area contributed by atoms with Crippen molar-refractivity contribution in [3.63, 3.8) is 0 Å². The lowest BCUT2D eigenvalue weighted by atomic mass is 9.91. The minimum absolute atomic E-state index is 0.0636. The van der Waals surface area contributed by atoms with Gasteiger partial charge in [0.2, 0.25) is 5.76 Å². The number of ether oxygens (including phenoxy) is 1. The number of carbonyl (C=O) groups is 2. The van der Waals surface area contributed by atoms with Gasteiger partial charge in [0.1, 0.15) is 22.0 Å². The van der Waals surface area contributed by atoms with Crippen LogP contribution in [0.2, 0.25) is 0 Å². The predicted octanol–water partition coefficient (Wildman–Crippen LogP) is 3.61. The molecule has 1 fully saturated rings. The molecule has 1 saturated carbocycles. The van der Waals surface area contributed by atoms with Gasteiger partial charge in [0.25, 0.3) is 10.0 Å². The highest BCUT2D eigenvalue weighted by atomic mass is 32.2. The van der Waals surface area contributed by atoms with Gasteiger partial charge in [-0.1, -0.05) is 35.5 Å². The lowest BCUT2D eigenvalue weighted by molar-refractivity contribution is -0.155. The normalized spacial score (nSPS) is 21.4. The maximum Gasteiger partial charge on any atom is 0.452 e. The SMILES string of the molecule is CCNC(=O)OCC1(c2ccccc2)CC1(NS(=O)(=O)c1ccc(-c2cc(C(F)(F)F)on2)s1)C(=O)O. The molecule has 198 valence electrons. The molecule has 4 rings (SSSR count). The van der Waals surface area contributed by atoms with Crippen molar-refractivity contribution >= 4 is 33.4 Å². The van der Waals surface area contributed by atoms with Crippen molar-refractivity contribution in [3.05, 3.63) is 59.9 Å². The molecule has 2 atom stereocenters. The molecule has 0 saturated heterocycles. The Labute approximate surface area is 212 Å². The number of carbonyl (C=O) groups excluding carboxylic acids is 1. The van der Waals surface area contributed by atoms with Crippen LogP contribution in [-0.2, 0) is 31.1 Å². The number of amides is 1. The average molecular weight is 560 g/mol. The number of nitrogens with zero attached hydrogens (tertiary/aromatic N) is 1. The van der Waals surface area contributed by atoms with E-state index < -0.39 is 51.6 Å². The molecule has 1 aromatic carbocycles. The number of sulfonamides is 1. The summed E-state index contributed by atoms with van der Waals surface area (Å²) in [5, 5.41) is 15.9. The molecule has 2 heterocycles. The van der Waals surface area contributed by atoms with Gasteiger partial charge in [-0.05, 0) is 31.0 Å². The summed E-state index contributed by atoms with van der Waals surface area (Å²) < 4.78 is 76.4. The number of aromatic nitrogens is 1. The molecule has 3 N–H and O–H groups in total. The third-order valence-electron chi connectivity index (χ3n) is 5.92. The number of hydrogen-bond donors (Lipinski definition) is 3. The van der Waals surface area contributed by atoms with Crippen LogP contribution in [0.1, 0.15) is 24.7 Å². The van der Waals surface area contributed by atoms with Crippen molar-refractivity contribution in [3.8, 4) is 10.6 Å². The van der Waals surface area contributed by atoms with Crippen LogP contribution in [0.3, 0.4) is 0 Å². The summed E-state index contributed by atoms with van der Waals surface area (Å²) in [7, 11) is -4.49. The van der Waals surface area contributed by atoms with Crippen molar-refractivity contribution in [2.45, 2.75) is 34.7 Å². The Bertz CT molecular complexity index is 1420. The third kappa shape index (κ3) is 4.93. The van der Waals surface area contributed by atoms with Crippen molar-refractivity contribution in [1.82, 2.24) is 15.2 Å². The third-order valence-corrected chi connectivity index (χ3v) is 9.01. The number of halogens is 3. The van der Waals surface area contributed by atoms with Crippen molar-refractivity contribution < 1.29 is 45.5 Å². The zero-order valence-electron chi connectivity index (χ0n) is 19.0. The second kappa shape index (κ2) is 9.46. The Morgan fingerprint density at radius 3 is 2.51 bits per heavy atom. The van der Waals surface area contributed by atoms with Gasteiger partial charge < -0.3 is 19.7 Å². The van der Waals surface area contributed by atoms with Gasteiger partial charge in [0, 0.05) is 12.6 Å². The molecule has 2 aromatic heterocycles. The minimum atomic E-state index is -4.77. The molecule has 37 heavy (non-hydrogen) atoms. The number of hydrogen-bond acceptors (Lipinski definition) is 8. The maximum atomic E-state index is 13.3. The van der Waals surface area contributed by atoms with Crippen LogP contribution in [0.4, 0.5) is 18.0 Å². The Balaban J connectivity index is 1.65. The molecule has 1 aliphatic rings. The molecule has 15 heteroatoms. The number of rotatable bonds is 9. The second-order valence-electron chi connectivity index (χ2n) is 8.24. The van der Waals surface area contributed by atoms with E-state index in [1.54, 1.807) is 37.3 Å². The summed E-state index contributed by atoms with van der Waals surface area (Å²) in [6.45, 7) is 1.51. The Morgan fingerprint density at radius 2 is 1.92 bits per heavy atom. The van der Waals surface area contributed by atoms with E-state index in [0.717, 1.165) is 6.07 Å². The monoisotopic (exact) mass is 559 g/mol. The van der Waals surface area contributed by atoms with Crippen LogP contribution in [-0.4, -0.2) is 49.4 Å². The molecule has 1 amide bonds. The Morgan fingerprint density at radius 1 is 1.22 bits per heavy atom. The van der Waals surface area contributed by atoms with Crippen LogP contribution in [0.15, 0.2) is 57.3 Å². The molecule has 0 aliphatic heterocycles. The molecule has 10 nitrogen and oxygen atoms in total. The zero-order chi connectivity index (χ0) is 27.1. The summed E-state index contributed by atoms with van der Waals surface area (Å²) >= 11 is 0.589. The van der Waals surface area contributed by atoms with E-state index in [-0.39, 0.29) is 27.7 Å². The second-order valence-corrected chi connectivity index (χ2v) is 11.2. The van der Waals surface area contributed by atoms with Crippen LogP contribution < -0.4 is 10.0 Å². The van der Waals surface area contributed by atoms with Crippen molar-refractivity contribution in [1.29, 1.82) is 0 Å². The Hall–Kier alpha value is -3.43. The molecule has 3 aromatic rings. The van der Waals surface area contributed by atoms with E-state index >= 15 is 0 Å². The van der Waals surface area contributed by atoms with Crippen LogP contribution >= 0.6 is 11.3 Å². The van der Waals surface area contributed by atoms with Gasteiger partial charge in [-0.15, -0.1) is 11.3 Å². The fraction of sp³-hybridized carbons (Fsp3) is 0.318. The smallest absolute Gasteiger partial charge is 0.452 e. The first-order chi connectivity index (χ1) is 17.3. The number of carboxylic acid groups (broad SMARTS) is 1. The highest BCUT2D eigenvalue weighted by Gasteiger charge is 2.75. The van der Waals surface area contributed by atoms with Gasteiger partial charge in [0.15, 0.2) is 0 Å². The van der Waals surface area contributed by atoms with Gasteiger partial charge in [-0.25, -0.2) is 13.2 Å². The topological polar surface area (TPSA) is 148 Å². The first-order valence-electron chi connectivity index (χ1n) is 10.7. The van der Waals surface area contributed by atoms with E-state index in [2.05, 4.69) is 19.7 Å². The van der Waals surface area contributed by atoms with Gasteiger partial charge in [-0.3, -0.25) is 4.79 Å². The lowest BCUT2D eigenvalue weighted by Gasteiger charge is -2.24. The summed E-state index contributed by atoms with van der Waals surface area (Å²) in [6, 6.07) is 11.2. The predicted molar refractivity (Wildman–Crippen MR) is 123 cm³/mol. The van der Waals surface area contributed by atoms with Crippen LogP contribution in [0.5, 0.6) is 0 Å².